The minimum absolute atomic E-state index is 0.0990. The van der Waals surface area contributed by atoms with E-state index in [4.69, 9.17) is 4.42 Å². The van der Waals surface area contributed by atoms with Crippen molar-refractivity contribution in [3.05, 3.63) is 59.3 Å². The van der Waals surface area contributed by atoms with E-state index >= 15 is 0 Å². The summed E-state index contributed by atoms with van der Waals surface area (Å²) in [5, 5.41) is 2.69. The first-order chi connectivity index (χ1) is 9.74. The van der Waals surface area contributed by atoms with Crippen molar-refractivity contribution in [2.45, 2.75) is 6.54 Å². The number of para-hydroxylation sites is 2. The maximum Gasteiger partial charge on any atom is 0.420 e. The van der Waals surface area contributed by atoms with Crippen LogP contribution >= 0.6 is 0 Å². The van der Waals surface area contributed by atoms with Crippen molar-refractivity contribution >= 4 is 22.7 Å². The Bertz CT molecular complexity index is 805. The molecule has 6 heteroatoms. The van der Waals surface area contributed by atoms with Gasteiger partial charge in [0.2, 0.25) is 5.91 Å². The summed E-state index contributed by atoms with van der Waals surface area (Å²) < 4.78 is 6.37. The van der Waals surface area contributed by atoms with Crippen LogP contribution < -0.4 is 11.1 Å². The fourth-order valence-corrected chi connectivity index (χ4v) is 1.94. The molecular formula is C14H11N3O3. The molecule has 2 heterocycles. The first kappa shape index (κ1) is 12.2. The molecule has 2 aromatic heterocycles. The average molecular weight is 269 g/mol. The second-order valence-electron chi connectivity index (χ2n) is 4.21. The molecule has 20 heavy (non-hydrogen) atoms. The van der Waals surface area contributed by atoms with Crippen LogP contribution in [0.5, 0.6) is 0 Å². The van der Waals surface area contributed by atoms with Crippen LogP contribution in [-0.2, 0) is 11.3 Å². The SMILES string of the molecule is O=C(Cn1c(=O)oc2ccccc21)Nc1ccncc1. The molecule has 6 nitrogen and oxygen atoms in total. The van der Waals surface area contributed by atoms with Crippen molar-refractivity contribution in [3.8, 4) is 0 Å². The highest BCUT2D eigenvalue weighted by atomic mass is 16.4. The van der Waals surface area contributed by atoms with Gasteiger partial charge in [-0.1, -0.05) is 12.1 Å². The summed E-state index contributed by atoms with van der Waals surface area (Å²) in [4.78, 5) is 27.5. The number of anilines is 1. The molecule has 3 aromatic rings. The normalized spacial score (nSPS) is 10.6. The lowest BCUT2D eigenvalue weighted by Gasteiger charge is -2.05. The van der Waals surface area contributed by atoms with Crippen LogP contribution in [0.3, 0.4) is 0 Å². The van der Waals surface area contributed by atoms with Gasteiger partial charge >= 0.3 is 5.76 Å². The van der Waals surface area contributed by atoms with Crippen molar-refractivity contribution in [3.63, 3.8) is 0 Å². The van der Waals surface area contributed by atoms with Crippen LogP contribution in [0.2, 0.25) is 0 Å². The largest absolute Gasteiger partial charge is 0.420 e. The van der Waals surface area contributed by atoms with Gasteiger partial charge in [0.1, 0.15) is 6.54 Å². The Morgan fingerprint density at radius 2 is 1.95 bits per heavy atom. The van der Waals surface area contributed by atoms with Gasteiger partial charge in [0.25, 0.3) is 0 Å². The van der Waals surface area contributed by atoms with Crippen molar-refractivity contribution in [2.24, 2.45) is 0 Å². The molecule has 0 saturated carbocycles. The Morgan fingerprint density at radius 3 is 2.75 bits per heavy atom. The maximum absolute atomic E-state index is 11.9. The molecule has 0 aliphatic heterocycles. The number of nitrogens with one attached hydrogen (secondary N) is 1. The molecule has 1 aromatic carbocycles. The number of amides is 1. The zero-order chi connectivity index (χ0) is 13.9. The van der Waals surface area contributed by atoms with Crippen molar-refractivity contribution in [2.75, 3.05) is 5.32 Å². The Balaban J connectivity index is 1.85. The van der Waals surface area contributed by atoms with Crippen LogP contribution in [0.4, 0.5) is 5.69 Å². The third-order valence-corrected chi connectivity index (χ3v) is 2.84. The molecule has 0 unspecified atom stereocenters. The van der Waals surface area contributed by atoms with Gasteiger partial charge in [0.15, 0.2) is 5.58 Å². The third-order valence-electron chi connectivity index (χ3n) is 2.84. The second kappa shape index (κ2) is 5.00. The van der Waals surface area contributed by atoms with E-state index < -0.39 is 5.76 Å². The minimum atomic E-state index is -0.545. The molecular weight excluding hydrogens is 258 g/mol. The number of oxazole rings is 1. The standard InChI is InChI=1S/C14H11N3O3/c18-13(16-10-5-7-15-8-6-10)9-17-11-3-1-2-4-12(11)20-14(17)19/h1-8H,9H2,(H,15,16,18). The molecule has 0 fully saturated rings. The summed E-state index contributed by atoms with van der Waals surface area (Å²) in [5.74, 6) is -0.846. The topological polar surface area (TPSA) is 77.1 Å². The number of hydrogen-bond acceptors (Lipinski definition) is 4. The van der Waals surface area contributed by atoms with Crippen LogP contribution in [0.1, 0.15) is 0 Å². The summed E-state index contributed by atoms with van der Waals surface area (Å²) >= 11 is 0. The van der Waals surface area contributed by atoms with E-state index in [1.165, 1.54) is 4.57 Å². The summed E-state index contributed by atoms with van der Waals surface area (Å²) in [7, 11) is 0. The fraction of sp³-hybridized carbons (Fsp3) is 0.0714. The fourth-order valence-electron chi connectivity index (χ4n) is 1.94. The molecule has 0 radical (unpaired) electrons. The number of nitrogens with zero attached hydrogens (tertiary/aromatic N) is 2. The molecule has 0 aliphatic rings. The van der Waals surface area contributed by atoms with Crippen molar-refractivity contribution in [1.29, 1.82) is 0 Å². The van der Waals surface area contributed by atoms with Gasteiger partial charge in [-0.2, -0.15) is 0 Å². The molecule has 1 N–H and O–H groups in total. The van der Waals surface area contributed by atoms with Crippen molar-refractivity contribution < 1.29 is 9.21 Å². The molecule has 100 valence electrons. The minimum Gasteiger partial charge on any atom is -0.408 e. The van der Waals surface area contributed by atoms with E-state index in [0.717, 1.165) is 0 Å². The Morgan fingerprint density at radius 1 is 1.20 bits per heavy atom. The molecule has 3 rings (SSSR count). The number of fused-ring (bicyclic) bond motifs is 1. The third kappa shape index (κ3) is 2.31. The highest BCUT2D eigenvalue weighted by molar-refractivity contribution is 5.91. The summed E-state index contributed by atoms with van der Waals surface area (Å²) in [6, 6.07) is 10.3. The Labute approximate surface area is 113 Å². The van der Waals surface area contributed by atoms with Gasteiger partial charge in [0, 0.05) is 18.1 Å². The van der Waals surface area contributed by atoms with Gasteiger partial charge in [0.05, 0.1) is 5.52 Å². The zero-order valence-corrected chi connectivity index (χ0v) is 10.4. The van der Waals surface area contributed by atoms with Crippen LogP contribution in [-0.4, -0.2) is 15.5 Å². The lowest BCUT2D eigenvalue weighted by molar-refractivity contribution is -0.116. The molecule has 0 spiro atoms. The van der Waals surface area contributed by atoms with Gasteiger partial charge < -0.3 is 9.73 Å². The van der Waals surface area contributed by atoms with Gasteiger partial charge in [-0.15, -0.1) is 0 Å². The highest BCUT2D eigenvalue weighted by Crippen LogP contribution is 2.12. The summed E-state index contributed by atoms with van der Waals surface area (Å²) in [5.41, 5.74) is 1.70. The quantitative estimate of drug-likeness (QED) is 0.784. The molecule has 1 amide bonds. The van der Waals surface area contributed by atoms with E-state index in [0.29, 0.717) is 16.8 Å². The number of hydrogen-bond donors (Lipinski definition) is 1. The molecule has 0 aliphatic carbocycles. The van der Waals surface area contributed by atoms with E-state index in [9.17, 15) is 9.59 Å². The van der Waals surface area contributed by atoms with Crippen LogP contribution in [0, 0.1) is 0 Å². The van der Waals surface area contributed by atoms with Gasteiger partial charge in [-0.05, 0) is 24.3 Å². The zero-order valence-electron chi connectivity index (χ0n) is 10.4. The lowest BCUT2D eigenvalue weighted by Crippen LogP contribution is -2.24. The predicted molar refractivity (Wildman–Crippen MR) is 73.3 cm³/mol. The van der Waals surface area contributed by atoms with E-state index in [-0.39, 0.29) is 12.5 Å². The number of pyridine rings is 1. The summed E-state index contributed by atoms with van der Waals surface area (Å²) in [6.45, 7) is -0.0990. The molecule has 0 bridgehead atoms. The summed E-state index contributed by atoms with van der Waals surface area (Å²) in [6.07, 6.45) is 3.16. The first-order valence-electron chi connectivity index (χ1n) is 6.02. The smallest absolute Gasteiger partial charge is 0.408 e. The van der Waals surface area contributed by atoms with Crippen LogP contribution in [0.25, 0.3) is 11.1 Å². The second-order valence-corrected chi connectivity index (χ2v) is 4.21. The van der Waals surface area contributed by atoms with E-state index in [1.807, 2.05) is 0 Å². The molecule has 0 atom stereocenters. The predicted octanol–water partition coefficient (Wildman–Crippen LogP) is 1.63. The first-order valence-corrected chi connectivity index (χ1v) is 6.02. The average Bonchev–Trinajstić information content (AvgIpc) is 2.76. The maximum atomic E-state index is 11.9. The monoisotopic (exact) mass is 269 g/mol. The Hall–Kier alpha value is -2.89. The van der Waals surface area contributed by atoms with E-state index in [2.05, 4.69) is 10.3 Å². The number of carbonyl (C=O) groups is 1. The van der Waals surface area contributed by atoms with Crippen LogP contribution in [0.15, 0.2) is 58.0 Å². The molecule has 0 saturated heterocycles. The number of benzene rings is 1. The van der Waals surface area contributed by atoms with Gasteiger partial charge in [-0.3, -0.25) is 14.3 Å². The number of aromatic nitrogens is 2. The number of carbonyl (C=O) groups excluding carboxylic acids is 1. The highest BCUT2D eigenvalue weighted by Gasteiger charge is 2.12. The number of rotatable bonds is 3. The van der Waals surface area contributed by atoms with Crippen molar-refractivity contribution in [1.82, 2.24) is 9.55 Å². The lowest BCUT2D eigenvalue weighted by atomic mass is 10.3. The Kier molecular flexibility index (Phi) is 3.04. The van der Waals surface area contributed by atoms with E-state index in [1.54, 1.807) is 48.8 Å². The van der Waals surface area contributed by atoms with Gasteiger partial charge in [-0.25, -0.2) is 4.79 Å².